The van der Waals surface area contributed by atoms with E-state index in [4.69, 9.17) is 0 Å². The molecular formula is C21H27N3O. The summed E-state index contributed by atoms with van der Waals surface area (Å²) in [5, 5.41) is 5.37. The fourth-order valence-electron chi connectivity index (χ4n) is 3.26. The Kier molecular flexibility index (Phi) is 3.90. The standard InChI is InChI=1S/C21H27N3O/c1-20(2,3)16-17-14(13-10-8-9-11-15(13)24(17)7)12-22-18(16)23-19(25)21(4,5)6/h8-12H,1-7H3,(H,22,23,25). The number of hydrogen-bond acceptors (Lipinski definition) is 2. The first-order chi connectivity index (χ1) is 11.5. The van der Waals surface area contributed by atoms with Crippen LogP contribution in [-0.2, 0) is 17.3 Å². The number of aryl methyl sites for hydroxylation is 1. The third-order valence-corrected chi connectivity index (χ3v) is 4.61. The molecule has 132 valence electrons. The normalized spacial score (nSPS) is 12.8. The van der Waals surface area contributed by atoms with Crippen LogP contribution in [0.15, 0.2) is 30.5 Å². The number of benzene rings is 1. The van der Waals surface area contributed by atoms with Gasteiger partial charge in [0.05, 0.1) is 5.52 Å². The van der Waals surface area contributed by atoms with E-state index in [0.717, 1.165) is 16.5 Å². The van der Waals surface area contributed by atoms with Crippen LogP contribution in [0, 0.1) is 5.41 Å². The number of fused-ring (bicyclic) bond motifs is 3. The van der Waals surface area contributed by atoms with Gasteiger partial charge in [0, 0.05) is 40.5 Å². The average Bonchev–Trinajstić information content (AvgIpc) is 2.79. The fourth-order valence-corrected chi connectivity index (χ4v) is 3.26. The van der Waals surface area contributed by atoms with E-state index >= 15 is 0 Å². The molecule has 25 heavy (non-hydrogen) atoms. The first-order valence-corrected chi connectivity index (χ1v) is 8.70. The predicted molar refractivity (Wildman–Crippen MR) is 105 cm³/mol. The number of para-hydroxylation sites is 1. The molecule has 4 nitrogen and oxygen atoms in total. The zero-order valence-corrected chi connectivity index (χ0v) is 16.2. The van der Waals surface area contributed by atoms with Crippen LogP contribution in [0.4, 0.5) is 5.82 Å². The van der Waals surface area contributed by atoms with Gasteiger partial charge in [0.25, 0.3) is 0 Å². The van der Waals surface area contributed by atoms with Crippen LogP contribution in [0.3, 0.4) is 0 Å². The number of nitrogens with one attached hydrogen (secondary N) is 1. The number of aromatic nitrogens is 2. The Morgan fingerprint density at radius 1 is 1.04 bits per heavy atom. The van der Waals surface area contributed by atoms with E-state index in [9.17, 15) is 4.79 Å². The molecule has 0 bridgehead atoms. The number of pyridine rings is 1. The molecule has 0 fully saturated rings. The van der Waals surface area contributed by atoms with Gasteiger partial charge in [0.2, 0.25) is 5.91 Å². The molecule has 0 saturated heterocycles. The largest absolute Gasteiger partial charge is 0.343 e. The lowest BCUT2D eigenvalue weighted by Gasteiger charge is -2.26. The second kappa shape index (κ2) is 5.58. The molecule has 2 heterocycles. The number of rotatable bonds is 1. The molecule has 1 N–H and O–H groups in total. The van der Waals surface area contributed by atoms with Crippen molar-refractivity contribution in [3.8, 4) is 0 Å². The Labute approximate surface area is 149 Å². The lowest BCUT2D eigenvalue weighted by molar-refractivity contribution is -0.123. The van der Waals surface area contributed by atoms with E-state index in [1.807, 2.05) is 39.1 Å². The summed E-state index contributed by atoms with van der Waals surface area (Å²) < 4.78 is 2.21. The van der Waals surface area contributed by atoms with E-state index in [1.54, 1.807) is 0 Å². The highest BCUT2D eigenvalue weighted by atomic mass is 16.2. The Morgan fingerprint density at radius 2 is 1.68 bits per heavy atom. The molecule has 2 aromatic heterocycles. The van der Waals surface area contributed by atoms with Crippen LogP contribution in [0.25, 0.3) is 21.8 Å². The summed E-state index contributed by atoms with van der Waals surface area (Å²) in [6.45, 7) is 12.2. The molecule has 0 atom stereocenters. The minimum atomic E-state index is -0.468. The maximum Gasteiger partial charge on any atom is 0.230 e. The van der Waals surface area contributed by atoms with E-state index in [2.05, 4.69) is 54.8 Å². The van der Waals surface area contributed by atoms with Gasteiger partial charge in [0.1, 0.15) is 5.82 Å². The Balaban J connectivity index is 2.35. The van der Waals surface area contributed by atoms with Crippen molar-refractivity contribution in [2.75, 3.05) is 5.32 Å². The molecule has 3 rings (SSSR count). The van der Waals surface area contributed by atoms with Crippen LogP contribution in [0.2, 0.25) is 0 Å². The molecular weight excluding hydrogens is 310 g/mol. The van der Waals surface area contributed by atoms with Gasteiger partial charge in [-0.1, -0.05) is 59.7 Å². The van der Waals surface area contributed by atoms with Crippen molar-refractivity contribution in [1.82, 2.24) is 9.55 Å². The SMILES string of the molecule is Cn1c2ccccc2c2cnc(NC(=O)C(C)(C)C)c(C(C)(C)C)c21. The highest BCUT2D eigenvalue weighted by Gasteiger charge is 2.29. The molecule has 4 heteroatoms. The maximum absolute atomic E-state index is 12.5. The minimum absolute atomic E-state index is 0.0244. The topological polar surface area (TPSA) is 46.9 Å². The monoisotopic (exact) mass is 337 g/mol. The minimum Gasteiger partial charge on any atom is -0.343 e. The van der Waals surface area contributed by atoms with Gasteiger partial charge in [-0.2, -0.15) is 0 Å². The van der Waals surface area contributed by atoms with Crippen LogP contribution in [0.5, 0.6) is 0 Å². The summed E-state index contributed by atoms with van der Waals surface area (Å²) in [6.07, 6.45) is 1.88. The Bertz CT molecular complexity index is 969. The first kappa shape index (κ1) is 17.5. The zero-order valence-electron chi connectivity index (χ0n) is 16.2. The quantitative estimate of drug-likeness (QED) is 0.678. The summed E-state index contributed by atoms with van der Waals surface area (Å²) in [5.74, 6) is 0.634. The van der Waals surface area contributed by atoms with Crippen molar-refractivity contribution in [2.24, 2.45) is 12.5 Å². The van der Waals surface area contributed by atoms with Crippen molar-refractivity contribution in [2.45, 2.75) is 47.0 Å². The van der Waals surface area contributed by atoms with E-state index < -0.39 is 5.41 Å². The number of anilines is 1. The van der Waals surface area contributed by atoms with E-state index in [0.29, 0.717) is 5.82 Å². The number of nitrogens with zero attached hydrogens (tertiary/aromatic N) is 2. The number of carbonyl (C=O) groups excluding carboxylic acids is 1. The summed E-state index contributed by atoms with van der Waals surface area (Å²) >= 11 is 0. The number of hydrogen-bond donors (Lipinski definition) is 1. The molecule has 3 aromatic rings. The summed E-state index contributed by atoms with van der Waals surface area (Å²) in [5.41, 5.74) is 2.75. The van der Waals surface area contributed by atoms with Crippen LogP contribution < -0.4 is 5.32 Å². The second-order valence-electron chi connectivity index (χ2n) is 8.77. The molecule has 0 unspecified atom stereocenters. The third-order valence-electron chi connectivity index (χ3n) is 4.61. The van der Waals surface area contributed by atoms with Crippen LogP contribution in [-0.4, -0.2) is 15.5 Å². The molecule has 1 amide bonds. The summed E-state index contributed by atoms with van der Waals surface area (Å²) in [6, 6.07) is 8.34. The highest BCUT2D eigenvalue weighted by Crippen LogP contribution is 2.39. The van der Waals surface area contributed by atoms with E-state index in [-0.39, 0.29) is 11.3 Å². The summed E-state index contributed by atoms with van der Waals surface area (Å²) in [7, 11) is 2.08. The molecule has 0 aliphatic heterocycles. The van der Waals surface area contributed by atoms with Gasteiger partial charge < -0.3 is 9.88 Å². The maximum atomic E-state index is 12.5. The van der Waals surface area contributed by atoms with Crippen LogP contribution >= 0.6 is 0 Å². The van der Waals surface area contributed by atoms with Crippen LogP contribution in [0.1, 0.15) is 47.1 Å². The third kappa shape index (κ3) is 2.90. The number of carbonyl (C=O) groups is 1. The summed E-state index contributed by atoms with van der Waals surface area (Å²) in [4.78, 5) is 17.2. The Morgan fingerprint density at radius 3 is 2.28 bits per heavy atom. The molecule has 0 aliphatic carbocycles. The van der Waals surface area contributed by atoms with Gasteiger partial charge in [-0.3, -0.25) is 4.79 Å². The fraction of sp³-hybridized carbons (Fsp3) is 0.429. The molecule has 0 saturated carbocycles. The van der Waals surface area contributed by atoms with Gasteiger partial charge in [-0.25, -0.2) is 4.98 Å². The molecule has 0 radical (unpaired) electrons. The van der Waals surface area contributed by atoms with Crippen molar-refractivity contribution < 1.29 is 4.79 Å². The van der Waals surface area contributed by atoms with Gasteiger partial charge in [-0.15, -0.1) is 0 Å². The van der Waals surface area contributed by atoms with Crippen molar-refractivity contribution in [3.05, 3.63) is 36.0 Å². The first-order valence-electron chi connectivity index (χ1n) is 8.70. The Hall–Kier alpha value is -2.36. The predicted octanol–water partition coefficient (Wildman–Crippen LogP) is 5.01. The molecule has 1 aromatic carbocycles. The lowest BCUT2D eigenvalue weighted by atomic mass is 9.85. The number of amides is 1. The van der Waals surface area contributed by atoms with Crippen molar-refractivity contribution >= 4 is 33.5 Å². The van der Waals surface area contributed by atoms with Gasteiger partial charge in [-0.05, 0) is 11.5 Å². The van der Waals surface area contributed by atoms with E-state index in [1.165, 1.54) is 10.9 Å². The zero-order chi connectivity index (χ0) is 18.6. The lowest BCUT2D eigenvalue weighted by Crippen LogP contribution is -2.30. The van der Waals surface area contributed by atoms with Gasteiger partial charge in [0.15, 0.2) is 0 Å². The van der Waals surface area contributed by atoms with Crippen molar-refractivity contribution in [1.29, 1.82) is 0 Å². The van der Waals surface area contributed by atoms with Gasteiger partial charge >= 0.3 is 0 Å². The smallest absolute Gasteiger partial charge is 0.230 e. The second-order valence-corrected chi connectivity index (χ2v) is 8.77. The van der Waals surface area contributed by atoms with Crippen molar-refractivity contribution in [3.63, 3.8) is 0 Å². The molecule has 0 spiro atoms. The average molecular weight is 337 g/mol. The highest BCUT2D eigenvalue weighted by molar-refractivity contribution is 6.10. The molecule has 0 aliphatic rings.